The van der Waals surface area contributed by atoms with Crippen LogP contribution in [-0.4, -0.2) is 13.1 Å². The van der Waals surface area contributed by atoms with E-state index in [0.29, 0.717) is 0 Å². The highest BCUT2D eigenvalue weighted by molar-refractivity contribution is 9.10. The molecule has 2 heterocycles. The quantitative estimate of drug-likeness (QED) is 0.868. The molecule has 78 valence electrons. The lowest BCUT2D eigenvalue weighted by atomic mass is 9.84. The summed E-state index contributed by atoms with van der Waals surface area (Å²) in [6, 6.07) is 2.29. The molecule has 1 N–H and O–H groups in total. The third-order valence-electron chi connectivity index (χ3n) is 3.09. The van der Waals surface area contributed by atoms with Crippen LogP contribution in [0.25, 0.3) is 0 Å². The highest BCUT2D eigenvalue weighted by Crippen LogP contribution is 2.36. The van der Waals surface area contributed by atoms with Gasteiger partial charge in [-0.25, -0.2) is 0 Å². The summed E-state index contributed by atoms with van der Waals surface area (Å²) in [5.74, 6) is 1.62. The Morgan fingerprint density at radius 3 is 3.14 bits per heavy atom. The molecule has 1 aliphatic heterocycles. The Kier molecular flexibility index (Phi) is 3.63. The van der Waals surface area contributed by atoms with Crippen LogP contribution >= 0.6 is 27.3 Å². The van der Waals surface area contributed by atoms with Gasteiger partial charge in [-0.3, -0.25) is 0 Å². The maximum Gasteiger partial charge on any atom is 0.0285 e. The average molecular weight is 274 g/mol. The van der Waals surface area contributed by atoms with Gasteiger partial charge in [-0.15, -0.1) is 11.3 Å². The Morgan fingerprint density at radius 1 is 1.64 bits per heavy atom. The van der Waals surface area contributed by atoms with Gasteiger partial charge in [0, 0.05) is 14.7 Å². The van der Waals surface area contributed by atoms with Crippen LogP contribution in [-0.2, 0) is 0 Å². The van der Waals surface area contributed by atoms with E-state index < -0.39 is 0 Å². The van der Waals surface area contributed by atoms with Crippen molar-refractivity contribution in [1.29, 1.82) is 0 Å². The molecule has 0 radical (unpaired) electrons. The van der Waals surface area contributed by atoms with Crippen molar-refractivity contribution in [3.8, 4) is 0 Å². The SMILES string of the molecule is CCC1CNCCC1c1cc(Br)cs1. The van der Waals surface area contributed by atoms with Crippen molar-refractivity contribution in [1.82, 2.24) is 5.32 Å². The van der Waals surface area contributed by atoms with Gasteiger partial charge >= 0.3 is 0 Å². The second-order valence-corrected chi connectivity index (χ2v) is 5.79. The van der Waals surface area contributed by atoms with Gasteiger partial charge in [0.25, 0.3) is 0 Å². The number of piperidine rings is 1. The van der Waals surface area contributed by atoms with Crippen LogP contribution in [0.5, 0.6) is 0 Å². The van der Waals surface area contributed by atoms with Gasteiger partial charge in [0.15, 0.2) is 0 Å². The minimum atomic E-state index is 0.789. The molecule has 3 heteroatoms. The monoisotopic (exact) mass is 273 g/mol. The third-order valence-corrected chi connectivity index (χ3v) is 4.91. The maximum absolute atomic E-state index is 3.54. The van der Waals surface area contributed by atoms with Gasteiger partial charge in [-0.1, -0.05) is 13.3 Å². The van der Waals surface area contributed by atoms with Crippen LogP contribution in [0.1, 0.15) is 30.6 Å². The first kappa shape index (κ1) is 10.7. The lowest BCUT2D eigenvalue weighted by molar-refractivity contribution is 0.321. The van der Waals surface area contributed by atoms with Crippen molar-refractivity contribution >= 4 is 27.3 Å². The Hall–Kier alpha value is 0.140. The zero-order chi connectivity index (χ0) is 9.97. The summed E-state index contributed by atoms with van der Waals surface area (Å²) in [6.45, 7) is 4.67. The molecule has 1 aromatic rings. The fraction of sp³-hybridized carbons (Fsp3) is 0.636. The van der Waals surface area contributed by atoms with Crippen molar-refractivity contribution in [3.63, 3.8) is 0 Å². The zero-order valence-corrected chi connectivity index (χ0v) is 10.8. The van der Waals surface area contributed by atoms with Crippen LogP contribution in [0, 0.1) is 5.92 Å². The zero-order valence-electron chi connectivity index (χ0n) is 8.42. The summed E-state index contributed by atoms with van der Waals surface area (Å²) in [7, 11) is 0. The molecule has 0 bridgehead atoms. The molecule has 0 aromatic carbocycles. The molecule has 14 heavy (non-hydrogen) atoms. The van der Waals surface area contributed by atoms with Crippen molar-refractivity contribution in [3.05, 3.63) is 20.8 Å². The van der Waals surface area contributed by atoms with E-state index in [0.717, 1.165) is 11.8 Å². The summed E-state index contributed by atoms with van der Waals surface area (Å²) in [5.41, 5.74) is 0. The molecule has 2 rings (SSSR count). The highest BCUT2D eigenvalue weighted by Gasteiger charge is 2.25. The topological polar surface area (TPSA) is 12.0 Å². The Labute approximate surface area is 98.0 Å². The first-order valence-corrected chi connectivity index (χ1v) is 6.93. The molecule has 1 fully saturated rings. The molecule has 0 amide bonds. The molecule has 0 spiro atoms. The predicted octanol–water partition coefficient (Wildman–Crippen LogP) is 3.61. The summed E-state index contributed by atoms with van der Waals surface area (Å²) >= 11 is 5.44. The van der Waals surface area contributed by atoms with E-state index in [1.807, 2.05) is 11.3 Å². The molecule has 2 atom stereocenters. The fourth-order valence-electron chi connectivity index (χ4n) is 2.25. The second-order valence-electron chi connectivity index (χ2n) is 3.93. The first-order valence-electron chi connectivity index (χ1n) is 5.26. The van der Waals surface area contributed by atoms with Gasteiger partial charge in [0.1, 0.15) is 0 Å². The van der Waals surface area contributed by atoms with E-state index in [1.165, 1.54) is 30.4 Å². The maximum atomic E-state index is 3.54. The Balaban J connectivity index is 2.14. The minimum absolute atomic E-state index is 0.789. The van der Waals surface area contributed by atoms with Crippen molar-refractivity contribution in [2.24, 2.45) is 5.92 Å². The Bertz CT molecular complexity index is 297. The van der Waals surface area contributed by atoms with Crippen molar-refractivity contribution < 1.29 is 0 Å². The van der Waals surface area contributed by atoms with E-state index in [-0.39, 0.29) is 0 Å². The molecule has 0 aliphatic carbocycles. The Morgan fingerprint density at radius 2 is 2.50 bits per heavy atom. The number of rotatable bonds is 2. The summed E-state index contributed by atoms with van der Waals surface area (Å²) in [4.78, 5) is 1.56. The van der Waals surface area contributed by atoms with Crippen molar-refractivity contribution in [2.75, 3.05) is 13.1 Å². The number of halogens is 1. The fourth-order valence-corrected chi connectivity index (χ4v) is 3.92. The molecule has 2 unspecified atom stereocenters. The smallest absolute Gasteiger partial charge is 0.0285 e. The van der Waals surface area contributed by atoms with E-state index >= 15 is 0 Å². The average Bonchev–Trinajstić information content (AvgIpc) is 2.65. The van der Waals surface area contributed by atoms with Gasteiger partial charge in [0.05, 0.1) is 0 Å². The van der Waals surface area contributed by atoms with E-state index in [4.69, 9.17) is 0 Å². The standard InChI is InChI=1S/C11H16BrNS/c1-2-8-6-13-4-3-10(8)11-5-9(12)7-14-11/h5,7-8,10,13H,2-4,6H2,1H3. The van der Waals surface area contributed by atoms with Crippen LogP contribution in [0.3, 0.4) is 0 Å². The number of hydrogen-bond acceptors (Lipinski definition) is 2. The molecule has 1 saturated heterocycles. The largest absolute Gasteiger partial charge is 0.316 e. The van der Waals surface area contributed by atoms with Crippen LogP contribution in [0.15, 0.2) is 15.9 Å². The number of nitrogens with one attached hydrogen (secondary N) is 1. The van der Waals surface area contributed by atoms with Gasteiger partial charge in [-0.2, -0.15) is 0 Å². The van der Waals surface area contributed by atoms with E-state index in [9.17, 15) is 0 Å². The second kappa shape index (κ2) is 4.77. The lowest BCUT2D eigenvalue weighted by Gasteiger charge is -2.30. The number of hydrogen-bond donors (Lipinski definition) is 1. The van der Waals surface area contributed by atoms with Gasteiger partial charge in [-0.05, 0) is 53.3 Å². The van der Waals surface area contributed by atoms with Gasteiger partial charge in [0.2, 0.25) is 0 Å². The van der Waals surface area contributed by atoms with Crippen LogP contribution < -0.4 is 5.32 Å². The third kappa shape index (κ3) is 2.20. The first-order chi connectivity index (χ1) is 6.81. The molecular weight excluding hydrogens is 258 g/mol. The normalized spacial score (nSPS) is 27.9. The molecule has 1 aromatic heterocycles. The summed E-state index contributed by atoms with van der Waals surface area (Å²) < 4.78 is 1.24. The summed E-state index contributed by atoms with van der Waals surface area (Å²) in [5, 5.41) is 5.68. The number of thiophene rings is 1. The van der Waals surface area contributed by atoms with E-state index in [1.54, 1.807) is 4.88 Å². The van der Waals surface area contributed by atoms with Gasteiger partial charge < -0.3 is 5.32 Å². The van der Waals surface area contributed by atoms with Crippen LogP contribution in [0.4, 0.5) is 0 Å². The lowest BCUT2D eigenvalue weighted by Crippen LogP contribution is -2.34. The highest BCUT2D eigenvalue weighted by atomic mass is 79.9. The molecule has 1 nitrogen and oxygen atoms in total. The molecule has 0 saturated carbocycles. The predicted molar refractivity (Wildman–Crippen MR) is 66.0 cm³/mol. The minimum Gasteiger partial charge on any atom is -0.316 e. The van der Waals surface area contributed by atoms with Crippen molar-refractivity contribution in [2.45, 2.75) is 25.7 Å². The summed E-state index contributed by atoms with van der Waals surface area (Å²) in [6.07, 6.45) is 2.58. The molecular formula is C11H16BrNS. The molecule has 1 aliphatic rings. The van der Waals surface area contributed by atoms with Crippen LogP contribution in [0.2, 0.25) is 0 Å². The van der Waals surface area contributed by atoms with E-state index in [2.05, 4.69) is 39.6 Å².